The molecule has 22 heavy (non-hydrogen) atoms. The Balaban J connectivity index is -0.0000000822. The number of hydrogen-bond acceptors (Lipinski definition) is 1. The monoisotopic (exact) mass is 310 g/mol. The summed E-state index contributed by atoms with van der Waals surface area (Å²) in [5.41, 5.74) is 1.55. The normalized spacial score (nSPS) is 7.55. The van der Waals surface area contributed by atoms with Crippen LogP contribution in [-0.4, -0.2) is 5.78 Å². The second kappa shape index (κ2) is 36.7. The third kappa shape index (κ3) is 20.9. The van der Waals surface area contributed by atoms with Gasteiger partial charge in [0.05, 0.1) is 0 Å². The van der Waals surface area contributed by atoms with Gasteiger partial charge >= 0.3 is 0 Å². The van der Waals surface area contributed by atoms with Crippen molar-refractivity contribution in [1.29, 1.82) is 0 Å². The standard InChI is InChI=1S/C11H12O.5C2H6/c1-3-9(2)11(12)10-7-5-4-6-8-10;5*1-2/h3-8H,1-2H3;5*1-2H3/b9-3+;;;;;. The molecular weight excluding hydrogens is 268 g/mol. The van der Waals surface area contributed by atoms with Crippen LogP contribution in [0, 0.1) is 0 Å². The van der Waals surface area contributed by atoms with Crippen molar-refractivity contribution in [2.24, 2.45) is 0 Å². The smallest absolute Gasteiger partial charge is 0.188 e. The molecule has 1 aromatic rings. The van der Waals surface area contributed by atoms with E-state index in [9.17, 15) is 4.79 Å². The lowest BCUT2D eigenvalue weighted by Crippen LogP contribution is -1.99. The molecule has 0 aliphatic rings. The number of benzene rings is 1. The fourth-order valence-corrected chi connectivity index (χ4v) is 0.948. The minimum absolute atomic E-state index is 0.109. The summed E-state index contributed by atoms with van der Waals surface area (Å²) in [6.07, 6.45) is 1.83. The number of carbonyl (C=O) groups is 1. The van der Waals surface area contributed by atoms with Gasteiger partial charge in [-0.05, 0) is 19.4 Å². The molecule has 0 amide bonds. The average molecular weight is 311 g/mol. The number of Topliss-reactive ketones (excluding diaryl/α,β-unsaturated/α-hetero) is 1. The van der Waals surface area contributed by atoms with Crippen molar-refractivity contribution in [3.05, 3.63) is 47.5 Å². The van der Waals surface area contributed by atoms with E-state index in [0.717, 1.165) is 11.1 Å². The summed E-state index contributed by atoms with van der Waals surface area (Å²) < 4.78 is 0. The zero-order valence-corrected chi connectivity index (χ0v) is 17.4. The lowest BCUT2D eigenvalue weighted by molar-refractivity contribution is 0.103. The van der Waals surface area contributed by atoms with Crippen LogP contribution < -0.4 is 0 Å². The second-order valence-corrected chi connectivity index (χ2v) is 2.67. The van der Waals surface area contributed by atoms with Crippen LogP contribution in [0.2, 0.25) is 0 Å². The molecule has 0 atom stereocenters. The molecule has 0 spiro atoms. The van der Waals surface area contributed by atoms with Gasteiger partial charge in [-0.3, -0.25) is 4.79 Å². The first kappa shape index (κ1) is 32.5. The van der Waals surface area contributed by atoms with Crippen LogP contribution in [0.4, 0.5) is 0 Å². The SMILES string of the molecule is C/C=C(\C)C(=O)c1ccccc1.CC.CC.CC.CC.CC. The summed E-state index contributed by atoms with van der Waals surface area (Å²) in [4.78, 5) is 11.5. The van der Waals surface area contributed by atoms with Crippen LogP contribution in [0.15, 0.2) is 42.0 Å². The Morgan fingerprint density at radius 1 is 0.727 bits per heavy atom. The first-order chi connectivity index (χ1) is 10.8. The van der Waals surface area contributed by atoms with Crippen molar-refractivity contribution < 1.29 is 4.79 Å². The molecule has 0 unspecified atom stereocenters. The predicted octanol–water partition coefficient (Wildman–Crippen LogP) is 7.97. The summed E-state index contributed by atoms with van der Waals surface area (Å²) in [6, 6.07) is 9.30. The average Bonchev–Trinajstić information content (AvgIpc) is 2.69. The van der Waals surface area contributed by atoms with E-state index in [1.807, 2.05) is 119 Å². The molecule has 1 rings (SSSR count). The summed E-state index contributed by atoms with van der Waals surface area (Å²) in [5.74, 6) is 0.109. The Kier molecular flexibility index (Phi) is 54.2. The first-order valence-corrected chi connectivity index (χ1v) is 8.98. The van der Waals surface area contributed by atoms with Gasteiger partial charge in [0.15, 0.2) is 5.78 Å². The molecule has 0 saturated carbocycles. The summed E-state index contributed by atoms with van der Waals surface area (Å²) in [5, 5.41) is 0. The van der Waals surface area contributed by atoms with E-state index in [4.69, 9.17) is 0 Å². The molecule has 132 valence electrons. The van der Waals surface area contributed by atoms with Gasteiger partial charge in [-0.25, -0.2) is 0 Å². The van der Waals surface area contributed by atoms with Gasteiger partial charge in [0.1, 0.15) is 0 Å². The molecule has 0 aromatic heterocycles. The quantitative estimate of drug-likeness (QED) is 0.400. The van der Waals surface area contributed by atoms with Crippen LogP contribution in [-0.2, 0) is 0 Å². The van der Waals surface area contributed by atoms with Gasteiger partial charge in [0.2, 0.25) is 0 Å². The van der Waals surface area contributed by atoms with Crippen molar-refractivity contribution >= 4 is 5.78 Å². The third-order valence-electron chi connectivity index (χ3n) is 1.83. The van der Waals surface area contributed by atoms with Gasteiger partial charge in [-0.1, -0.05) is 106 Å². The lowest BCUT2D eigenvalue weighted by atomic mass is 10.1. The number of allylic oxidation sites excluding steroid dienone is 2. The van der Waals surface area contributed by atoms with E-state index >= 15 is 0 Å². The fraction of sp³-hybridized carbons (Fsp3) is 0.571. The maximum Gasteiger partial charge on any atom is 0.188 e. The maximum absolute atomic E-state index is 11.5. The molecule has 0 fully saturated rings. The molecule has 1 nitrogen and oxygen atoms in total. The van der Waals surface area contributed by atoms with Crippen molar-refractivity contribution in [2.75, 3.05) is 0 Å². The Labute approximate surface area is 141 Å². The van der Waals surface area contributed by atoms with Gasteiger partial charge in [0, 0.05) is 5.56 Å². The molecule has 1 heteroatoms. The van der Waals surface area contributed by atoms with Crippen molar-refractivity contribution in [2.45, 2.75) is 83.1 Å². The molecule has 0 aliphatic heterocycles. The molecule has 0 bridgehead atoms. The minimum atomic E-state index is 0.109. The predicted molar refractivity (Wildman–Crippen MR) is 107 cm³/mol. The van der Waals surface area contributed by atoms with E-state index in [1.54, 1.807) is 0 Å². The van der Waals surface area contributed by atoms with E-state index in [1.165, 1.54) is 0 Å². The van der Waals surface area contributed by atoms with Crippen molar-refractivity contribution in [3.8, 4) is 0 Å². The molecular formula is C21H42O. The highest BCUT2D eigenvalue weighted by Gasteiger charge is 2.04. The summed E-state index contributed by atoms with van der Waals surface area (Å²) >= 11 is 0. The van der Waals surface area contributed by atoms with Gasteiger partial charge < -0.3 is 0 Å². The fourth-order valence-electron chi connectivity index (χ4n) is 0.948. The van der Waals surface area contributed by atoms with Crippen LogP contribution in [0.5, 0.6) is 0 Å². The highest BCUT2D eigenvalue weighted by Crippen LogP contribution is 2.06. The lowest BCUT2D eigenvalue weighted by Gasteiger charge is -1.98. The van der Waals surface area contributed by atoms with E-state index in [-0.39, 0.29) is 5.78 Å². The molecule has 0 saturated heterocycles. The maximum atomic E-state index is 11.5. The number of rotatable bonds is 2. The number of carbonyl (C=O) groups excluding carboxylic acids is 1. The summed E-state index contributed by atoms with van der Waals surface area (Å²) in [7, 11) is 0. The van der Waals surface area contributed by atoms with Crippen LogP contribution in [0.25, 0.3) is 0 Å². The Morgan fingerprint density at radius 2 is 1.05 bits per heavy atom. The van der Waals surface area contributed by atoms with Crippen LogP contribution in [0.1, 0.15) is 93.4 Å². The molecule has 0 aliphatic carbocycles. The molecule has 1 aromatic carbocycles. The minimum Gasteiger partial charge on any atom is -0.289 e. The highest BCUT2D eigenvalue weighted by molar-refractivity contribution is 6.08. The van der Waals surface area contributed by atoms with Crippen molar-refractivity contribution in [1.82, 2.24) is 0 Å². The highest BCUT2D eigenvalue weighted by atomic mass is 16.1. The third-order valence-corrected chi connectivity index (χ3v) is 1.83. The zero-order valence-electron chi connectivity index (χ0n) is 17.4. The summed E-state index contributed by atoms with van der Waals surface area (Å²) in [6.45, 7) is 23.7. The van der Waals surface area contributed by atoms with Gasteiger partial charge in [-0.15, -0.1) is 0 Å². The zero-order chi connectivity index (χ0) is 19.0. The van der Waals surface area contributed by atoms with E-state index < -0.39 is 0 Å². The first-order valence-electron chi connectivity index (χ1n) is 8.98. The van der Waals surface area contributed by atoms with Gasteiger partial charge in [0.25, 0.3) is 0 Å². The molecule has 0 heterocycles. The Morgan fingerprint density at radius 3 is 1.32 bits per heavy atom. The molecule has 0 radical (unpaired) electrons. The number of ketones is 1. The van der Waals surface area contributed by atoms with Crippen LogP contribution in [0.3, 0.4) is 0 Å². The van der Waals surface area contributed by atoms with E-state index in [2.05, 4.69) is 0 Å². The van der Waals surface area contributed by atoms with Crippen LogP contribution >= 0.6 is 0 Å². The second-order valence-electron chi connectivity index (χ2n) is 2.67. The Bertz CT molecular complexity index is 297. The number of hydrogen-bond donors (Lipinski definition) is 0. The van der Waals surface area contributed by atoms with Gasteiger partial charge in [-0.2, -0.15) is 0 Å². The largest absolute Gasteiger partial charge is 0.289 e. The molecule has 0 N–H and O–H groups in total. The van der Waals surface area contributed by atoms with E-state index in [0.29, 0.717) is 0 Å². The topological polar surface area (TPSA) is 17.1 Å². The Hall–Kier alpha value is -1.37. The van der Waals surface area contributed by atoms with Crippen molar-refractivity contribution in [3.63, 3.8) is 0 Å².